The van der Waals surface area contributed by atoms with Gasteiger partial charge in [0, 0.05) is 30.2 Å². The molecule has 0 bridgehead atoms. The molecule has 1 aliphatic rings. The monoisotopic (exact) mass is 332 g/mol. The van der Waals surface area contributed by atoms with Gasteiger partial charge in [0.2, 0.25) is 0 Å². The minimum atomic E-state index is -0.0602. The van der Waals surface area contributed by atoms with Gasteiger partial charge in [-0.1, -0.05) is 30.3 Å². The second kappa shape index (κ2) is 6.51. The molecule has 0 unspecified atom stereocenters. The van der Waals surface area contributed by atoms with Gasteiger partial charge >= 0.3 is 0 Å². The third-order valence-corrected chi connectivity index (χ3v) is 4.85. The van der Waals surface area contributed by atoms with E-state index in [0.717, 1.165) is 6.42 Å². The van der Waals surface area contributed by atoms with Crippen LogP contribution < -0.4 is 5.32 Å². The van der Waals surface area contributed by atoms with Crippen molar-refractivity contribution in [3.05, 3.63) is 78.5 Å². The number of nitrogens with zero attached hydrogens (tertiary/aromatic N) is 3. The maximum Gasteiger partial charge on any atom is 0.251 e. The molecule has 25 heavy (non-hydrogen) atoms. The number of rotatable bonds is 5. The van der Waals surface area contributed by atoms with E-state index in [-0.39, 0.29) is 11.9 Å². The summed E-state index contributed by atoms with van der Waals surface area (Å²) in [6.07, 6.45) is 7.94. The lowest BCUT2D eigenvalue weighted by molar-refractivity contribution is 0.0935. The summed E-state index contributed by atoms with van der Waals surface area (Å²) < 4.78 is 1.78. The van der Waals surface area contributed by atoms with Crippen LogP contribution >= 0.6 is 0 Å². The zero-order valence-corrected chi connectivity index (χ0v) is 14.0. The topological polar surface area (TPSA) is 59.8 Å². The number of aromatic nitrogens is 3. The number of nitrogens with one attached hydrogen (secondary N) is 1. The van der Waals surface area contributed by atoms with E-state index in [9.17, 15) is 4.79 Å². The molecule has 0 spiro atoms. The molecule has 1 N–H and O–H groups in total. The molecular weight excluding hydrogens is 312 g/mol. The molecule has 2 aromatic heterocycles. The highest BCUT2D eigenvalue weighted by atomic mass is 16.1. The second-order valence-corrected chi connectivity index (χ2v) is 6.55. The quantitative estimate of drug-likeness (QED) is 0.780. The Morgan fingerprint density at radius 3 is 2.84 bits per heavy atom. The van der Waals surface area contributed by atoms with Gasteiger partial charge in [-0.05, 0) is 42.9 Å². The molecule has 0 radical (unpaired) electrons. The average molecular weight is 332 g/mol. The van der Waals surface area contributed by atoms with Gasteiger partial charge in [-0.3, -0.25) is 9.36 Å². The maximum absolute atomic E-state index is 12.6. The number of benzene rings is 1. The van der Waals surface area contributed by atoms with Gasteiger partial charge in [-0.25, -0.2) is 9.97 Å². The molecular formula is C20H20N4O. The third kappa shape index (κ3) is 3.31. The summed E-state index contributed by atoms with van der Waals surface area (Å²) in [4.78, 5) is 20.9. The van der Waals surface area contributed by atoms with E-state index in [0.29, 0.717) is 23.2 Å². The molecule has 3 aromatic rings. The number of hydrogen-bond donors (Lipinski definition) is 1. The van der Waals surface area contributed by atoms with E-state index in [1.807, 2.05) is 6.07 Å². The molecule has 2 heterocycles. The zero-order chi connectivity index (χ0) is 17.2. The largest absolute Gasteiger partial charge is 0.349 e. The van der Waals surface area contributed by atoms with Crippen molar-refractivity contribution in [2.24, 2.45) is 5.92 Å². The molecule has 4 rings (SSSR count). The van der Waals surface area contributed by atoms with Crippen LogP contribution in [-0.2, 0) is 0 Å². The Morgan fingerprint density at radius 1 is 1.24 bits per heavy atom. The number of carbonyl (C=O) groups excluding carboxylic acids is 1. The normalized spacial score (nSPS) is 20.0. The van der Waals surface area contributed by atoms with Crippen LogP contribution in [0.3, 0.4) is 0 Å². The van der Waals surface area contributed by atoms with Gasteiger partial charge in [0.1, 0.15) is 12.1 Å². The predicted octanol–water partition coefficient (Wildman–Crippen LogP) is 3.19. The molecule has 1 amide bonds. The molecule has 5 heteroatoms. The van der Waals surface area contributed by atoms with Crippen LogP contribution in [0.5, 0.6) is 0 Å². The fraction of sp³-hybridized carbons (Fsp3) is 0.250. The summed E-state index contributed by atoms with van der Waals surface area (Å²) in [5.74, 6) is 1.68. The van der Waals surface area contributed by atoms with Crippen molar-refractivity contribution in [1.29, 1.82) is 0 Å². The van der Waals surface area contributed by atoms with E-state index >= 15 is 0 Å². The zero-order valence-electron chi connectivity index (χ0n) is 14.0. The first-order valence-electron chi connectivity index (χ1n) is 8.52. The smallest absolute Gasteiger partial charge is 0.251 e. The second-order valence-electron chi connectivity index (χ2n) is 6.55. The van der Waals surface area contributed by atoms with E-state index in [2.05, 4.69) is 46.5 Å². The molecule has 3 atom stereocenters. The van der Waals surface area contributed by atoms with E-state index in [4.69, 9.17) is 0 Å². The first-order chi connectivity index (χ1) is 12.2. The van der Waals surface area contributed by atoms with Crippen molar-refractivity contribution < 1.29 is 4.79 Å². The molecule has 1 aromatic carbocycles. The molecule has 126 valence electrons. The Hall–Kier alpha value is -2.95. The van der Waals surface area contributed by atoms with Gasteiger partial charge in [0.15, 0.2) is 0 Å². The van der Waals surface area contributed by atoms with Crippen LogP contribution in [0.25, 0.3) is 5.82 Å². The Kier molecular flexibility index (Phi) is 4.06. The van der Waals surface area contributed by atoms with Crippen molar-refractivity contribution in [1.82, 2.24) is 19.9 Å². The lowest BCUT2D eigenvalue weighted by Crippen LogP contribution is -2.34. The van der Waals surface area contributed by atoms with Crippen LogP contribution in [-0.4, -0.2) is 26.5 Å². The SMILES string of the molecule is C[C@H](NC(=O)c1ccnc(-n2ccnc2)c1)[C@@H]1C[C@H]1c1ccccc1. The van der Waals surface area contributed by atoms with Crippen molar-refractivity contribution in [2.75, 3.05) is 0 Å². The van der Waals surface area contributed by atoms with Crippen LogP contribution in [0.15, 0.2) is 67.4 Å². The fourth-order valence-electron chi connectivity index (χ4n) is 3.34. The number of pyridine rings is 1. The first-order valence-corrected chi connectivity index (χ1v) is 8.52. The fourth-order valence-corrected chi connectivity index (χ4v) is 3.34. The van der Waals surface area contributed by atoms with E-state index < -0.39 is 0 Å². The number of imidazole rings is 1. The van der Waals surface area contributed by atoms with Crippen molar-refractivity contribution >= 4 is 5.91 Å². The highest BCUT2D eigenvalue weighted by Gasteiger charge is 2.42. The molecule has 1 saturated carbocycles. The maximum atomic E-state index is 12.6. The van der Waals surface area contributed by atoms with Crippen LogP contribution in [0.2, 0.25) is 0 Å². The number of hydrogen-bond acceptors (Lipinski definition) is 3. The number of carbonyl (C=O) groups is 1. The summed E-state index contributed by atoms with van der Waals surface area (Å²) in [5.41, 5.74) is 1.97. The highest BCUT2D eigenvalue weighted by Crippen LogP contribution is 2.49. The Bertz CT molecular complexity index is 860. The van der Waals surface area contributed by atoms with Gasteiger partial charge in [-0.2, -0.15) is 0 Å². The standard InChI is InChI=1S/C20H20N4O/c1-14(17-12-18(17)15-5-3-2-4-6-15)23-20(25)16-7-8-22-19(11-16)24-10-9-21-13-24/h2-11,13-14,17-18H,12H2,1H3,(H,23,25)/t14-,17-,18-/m0/s1. The van der Waals surface area contributed by atoms with Gasteiger partial charge in [-0.15, -0.1) is 0 Å². The molecule has 0 saturated heterocycles. The van der Waals surface area contributed by atoms with Crippen LogP contribution in [0.1, 0.15) is 35.2 Å². The van der Waals surface area contributed by atoms with E-state index in [1.165, 1.54) is 5.56 Å². The first kappa shape index (κ1) is 15.6. The summed E-state index contributed by atoms with van der Waals surface area (Å²) in [6.45, 7) is 2.09. The number of amides is 1. The van der Waals surface area contributed by atoms with Gasteiger partial charge < -0.3 is 5.32 Å². The lowest BCUT2D eigenvalue weighted by Gasteiger charge is -2.14. The molecule has 1 fully saturated rings. The molecule has 0 aliphatic heterocycles. The van der Waals surface area contributed by atoms with Crippen LogP contribution in [0, 0.1) is 5.92 Å². The Balaban J connectivity index is 1.42. The summed E-state index contributed by atoms with van der Waals surface area (Å²) in [5, 5.41) is 3.14. The van der Waals surface area contributed by atoms with Crippen LogP contribution in [0.4, 0.5) is 0 Å². The summed E-state index contributed by atoms with van der Waals surface area (Å²) in [6, 6.07) is 14.2. The third-order valence-electron chi connectivity index (χ3n) is 4.85. The van der Waals surface area contributed by atoms with Gasteiger partial charge in [0.05, 0.1) is 0 Å². The Morgan fingerprint density at radius 2 is 2.08 bits per heavy atom. The minimum absolute atomic E-state index is 0.0602. The van der Waals surface area contributed by atoms with Gasteiger partial charge in [0.25, 0.3) is 5.91 Å². The molecule has 1 aliphatic carbocycles. The van der Waals surface area contributed by atoms with Crippen molar-refractivity contribution in [3.63, 3.8) is 0 Å². The van der Waals surface area contributed by atoms with Crippen molar-refractivity contribution in [3.8, 4) is 5.82 Å². The molecule has 5 nitrogen and oxygen atoms in total. The average Bonchev–Trinajstić information content (AvgIpc) is 3.27. The summed E-state index contributed by atoms with van der Waals surface area (Å²) >= 11 is 0. The minimum Gasteiger partial charge on any atom is -0.349 e. The Labute approximate surface area is 146 Å². The van der Waals surface area contributed by atoms with E-state index in [1.54, 1.807) is 41.6 Å². The summed E-state index contributed by atoms with van der Waals surface area (Å²) in [7, 11) is 0. The highest BCUT2D eigenvalue weighted by molar-refractivity contribution is 5.94. The predicted molar refractivity (Wildman–Crippen MR) is 95.6 cm³/mol. The van der Waals surface area contributed by atoms with Crippen molar-refractivity contribution in [2.45, 2.75) is 25.3 Å². The lowest BCUT2D eigenvalue weighted by atomic mass is 10.1.